The van der Waals surface area contributed by atoms with Crippen LogP contribution in [0.2, 0.25) is 0 Å². The third kappa shape index (κ3) is 10.7. The second-order valence-corrected chi connectivity index (χ2v) is 11.8. The van der Waals surface area contributed by atoms with Crippen LogP contribution >= 0.6 is 0 Å². The van der Waals surface area contributed by atoms with Crippen LogP contribution in [0.5, 0.6) is 28.7 Å². The van der Waals surface area contributed by atoms with E-state index < -0.39 is 49.4 Å². The van der Waals surface area contributed by atoms with Crippen molar-refractivity contribution in [3.8, 4) is 28.7 Å². The maximum atomic E-state index is 13.1. The summed E-state index contributed by atoms with van der Waals surface area (Å²) in [6, 6.07) is 16.4. The molecule has 1 heterocycles. The number of carbonyl (C=O) groups is 2. The van der Waals surface area contributed by atoms with Gasteiger partial charge in [-0.3, -0.25) is 4.79 Å². The summed E-state index contributed by atoms with van der Waals surface area (Å²) in [5.74, 6) is 0.497. The standard InChI is InChI=1S/C37H44O13/c1-45-29-18-24(19-30(46-2)36(29)47-3)10-17-32(41)48-21-31-33(42)34(43)35(44)37(50-31)49-28(16-9-23-6-13-26(39)14-7-23)20-27(40)15-8-22-4-11-25(38)12-5-22/h4-7,10-14,17-19,28,31,33-35,37-39,42-44H,8-9,15-16,20-21H2,1-3H3/b17-10+/t28?,31-,33-,34+,35-,37-/m1/s1. The van der Waals surface area contributed by atoms with Gasteiger partial charge >= 0.3 is 5.97 Å². The second kappa shape index (κ2) is 18.4. The van der Waals surface area contributed by atoms with Gasteiger partial charge in [0.2, 0.25) is 5.75 Å². The van der Waals surface area contributed by atoms with Crippen molar-refractivity contribution < 1.29 is 63.5 Å². The number of ketones is 1. The van der Waals surface area contributed by atoms with E-state index in [1.54, 1.807) is 60.7 Å². The van der Waals surface area contributed by atoms with Crippen LogP contribution in [0, 0.1) is 0 Å². The summed E-state index contributed by atoms with van der Waals surface area (Å²) in [6.45, 7) is -0.479. The number of hydrogen-bond donors (Lipinski definition) is 5. The molecule has 3 aromatic rings. The molecule has 1 saturated heterocycles. The molecular formula is C37H44O13. The molecule has 3 aromatic carbocycles. The maximum absolute atomic E-state index is 13.1. The molecule has 1 fully saturated rings. The molecule has 6 atom stereocenters. The van der Waals surface area contributed by atoms with Crippen molar-refractivity contribution >= 4 is 17.8 Å². The van der Waals surface area contributed by atoms with Gasteiger partial charge in [0.25, 0.3) is 0 Å². The largest absolute Gasteiger partial charge is 0.508 e. The number of aromatic hydroxyl groups is 2. The number of Topliss-reactive ketones (excluding diaryl/α,β-unsaturated/α-hetero) is 1. The van der Waals surface area contributed by atoms with E-state index in [0.29, 0.717) is 42.1 Å². The number of carbonyl (C=O) groups excluding carboxylic acids is 2. The van der Waals surface area contributed by atoms with Crippen LogP contribution in [0.3, 0.4) is 0 Å². The first kappa shape index (κ1) is 38.1. The van der Waals surface area contributed by atoms with Crippen LogP contribution in [-0.2, 0) is 36.6 Å². The van der Waals surface area contributed by atoms with E-state index in [-0.39, 0.29) is 30.1 Å². The average Bonchev–Trinajstić information content (AvgIpc) is 3.12. The number of benzene rings is 3. The molecule has 0 aromatic heterocycles. The topological polar surface area (TPSA) is 191 Å². The smallest absolute Gasteiger partial charge is 0.330 e. The lowest BCUT2D eigenvalue weighted by Gasteiger charge is -2.41. The van der Waals surface area contributed by atoms with E-state index in [0.717, 1.165) is 17.2 Å². The SMILES string of the molecule is COc1cc(/C=C/C(=O)OC[C@H]2O[C@@H](OC(CCc3ccc(O)cc3)CC(=O)CCc3ccc(O)cc3)[C@H](O)[C@@H](O)[C@@H]2O)cc(OC)c1OC. The first-order valence-corrected chi connectivity index (χ1v) is 16.1. The molecule has 4 rings (SSSR count). The number of phenols is 2. The Morgan fingerprint density at radius 3 is 1.94 bits per heavy atom. The molecule has 50 heavy (non-hydrogen) atoms. The molecule has 1 aliphatic heterocycles. The molecule has 0 amide bonds. The van der Waals surface area contributed by atoms with Crippen LogP contribution in [0.25, 0.3) is 6.08 Å². The van der Waals surface area contributed by atoms with E-state index in [9.17, 15) is 35.1 Å². The Bertz CT molecular complexity index is 1550. The normalized spacial score (nSPS) is 21.0. The maximum Gasteiger partial charge on any atom is 0.330 e. The number of aliphatic hydroxyl groups excluding tert-OH is 3. The number of hydrogen-bond acceptors (Lipinski definition) is 13. The van der Waals surface area contributed by atoms with Crippen LogP contribution in [0.1, 0.15) is 36.0 Å². The quantitative estimate of drug-likeness (QED) is 0.102. The van der Waals surface area contributed by atoms with E-state index >= 15 is 0 Å². The van der Waals surface area contributed by atoms with Crippen molar-refractivity contribution in [3.05, 3.63) is 83.4 Å². The Balaban J connectivity index is 1.40. The molecule has 0 aliphatic carbocycles. The molecule has 1 unspecified atom stereocenters. The average molecular weight is 697 g/mol. The van der Waals surface area contributed by atoms with Gasteiger partial charge in [0, 0.05) is 18.9 Å². The Labute approximate surface area is 290 Å². The fourth-order valence-electron chi connectivity index (χ4n) is 5.44. The van der Waals surface area contributed by atoms with Gasteiger partial charge in [0.05, 0.1) is 27.4 Å². The lowest BCUT2D eigenvalue weighted by atomic mass is 9.98. The number of rotatable bonds is 17. The Morgan fingerprint density at radius 2 is 1.38 bits per heavy atom. The van der Waals surface area contributed by atoms with Crippen LogP contribution in [0.15, 0.2) is 66.7 Å². The first-order valence-electron chi connectivity index (χ1n) is 16.1. The van der Waals surface area contributed by atoms with Gasteiger partial charge in [0.15, 0.2) is 17.8 Å². The molecular weight excluding hydrogens is 652 g/mol. The lowest BCUT2D eigenvalue weighted by molar-refractivity contribution is -0.311. The van der Waals surface area contributed by atoms with Gasteiger partial charge in [-0.25, -0.2) is 4.79 Å². The highest BCUT2D eigenvalue weighted by molar-refractivity contribution is 5.87. The lowest BCUT2D eigenvalue weighted by Crippen LogP contribution is -2.60. The van der Waals surface area contributed by atoms with Gasteiger partial charge in [-0.15, -0.1) is 0 Å². The highest BCUT2D eigenvalue weighted by Crippen LogP contribution is 2.38. The predicted octanol–water partition coefficient (Wildman–Crippen LogP) is 3.10. The highest BCUT2D eigenvalue weighted by Gasteiger charge is 2.45. The summed E-state index contributed by atoms with van der Waals surface area (Å²) in [5, 5.41) is 51.2. The summed E-state index contributed by atoms with van der Waals surface area (Å²) in [5.41, 5.74) is 2.29. The minimum Gasteiger partial charge on any atom is -0.508 e. The van der Waals surface area contributed by atoms with E-state index in [1.165, 1.54) is 27.4 Å². The molecule has 0 radical (unpaired) electrons. The molecule has 270 valence electrons. The molecule has 1 aliphatic rings. The first-order chi connectivity index (χ1) is 24.0. The van der Waals surface area contributed by atoms with Crippen molar-refractivity contribution in [1.82, 2.24) is 0 Å². The number of ether oxygens (including phenoxy) is 6. The summed E-state index contributed by atoms with van der Waals surface area (Å²) in [4.78, 5) is 25.7. The number of aryl methyl sites for hydroxylation is 2. The Morgan fingerprint density at radius 1 is 0.800 bits per heavy atom. The van der Waals surface area contributed by atoms with Gasteiger partial charge in [0.1, 0.15) is 48.3 Å². The van der Waals surface area contributed by atoms with Gasteiger partial charge in [-0.2, -0.15) is 0 Å². The molecule has 0 bridgehead atoms. The fourth-order valence-corrected chi connectivity index (χ4v) is 5.44. The minimum absolute atomic E-state index is 0.0349. The minimum atomic E-state index is -1.70. The summed E-state index contributed by atoms with van der Waals surface area (Å²) >= 11 is 0. The summed E-state index contributed by atoms with van der Waals surface area (Å²) in [7, 11) is 4.40. The molecule has 0 saturated carbocycles. The van der Waals surface area contributed by atoms with Crippen molar-refractivity contribution in [2.24, 2.45) is 0 Å². The van der Waals surface area contributed by atoms with Crippen molar-refractivity contribution in [3.63, 3.8) is 0 Å². The number of methoxy groups -OCH3 is 3. The van der Waals surface area contributed by atoms with Gasteiger partial charge < -0.3 is 54.0 Å². The number of phenolic OH excluding ortho intramolecular Hbond substituents is 2. The van der Waals surface area contributed by atoms with Crippen molar-refractivity contribution in [1.29, 1.82) is 0 Å². The van der Waals surface area contributed by atoms with Crippen LogP contribution < -0.4 is 14.2 Å². The predicted molar refractivity (Wildman–Crippen MR) is 180 cm³/mol. The molecule has 5 N–H and O–H groups in total. The molecule has 13 heteroatoms. The van der Waals surface area contributed by atoms with Crippen molar-refractivity contribution in [2.75, 3.05) is 27.9 Å². The molecule has 13 nitrogen and oxygen atoms in total. The summed E-state index contributed by atoms with van der Waals surface area (Å²) in [6.07, 6.45) is -4.45. The zero-order valence-corrected chi connectivity index (χ0v) is 28.1. The Hall–Kier alpha value is -4.66. The number of aliphatic hydroxyl groups is 3. The molecule has 0 spiro atoms. The zero-order chi connectivity index (χ0) is 36.2. The van der Waals surface area contributed by atoms with E-state index in [4.69, 9.17) is 28.4 Å². The van der Waals surface area contributed by atoms with Crippen molar-refractivity contribution in [2.45, 2.75) is 68.9 Å². The second-order valence-electron chi connectivity index (χ2n) is 11.8. The van der Waals surface area contributed by atoms with Crippen LogP contribution in [-0.4, -0.2) is 102 Å². The third-order valence-corrected chi connectivity index (χ3v) is 8.26. The van der Waals surface area contributed by atoms with Gasteiger partial charge in [-0.05, 0) is 78.4 Å². The van der Waals surface area contributed by atoms with Crippen LogP contribution in [0.4, 0.5) is 0 Å². The monoisotopic (exact) mass is 696 g/mol. The fraction of sp³-hybridized carbons (Fsp3) is 0.405. The Kier molecular flexibility index (Phi) is 14.0. The highest BCUT2D eigenvalue weighted by atomic mass is 16.7. The van der Waals surface area contributed by atoms with E-state index in [1.807, 2.05) is 0 Å². The van der Waals surface area contributed by atoms with E-state index in [2.05, 4.69) is 0 Å². The number of esters is 1. The third-order valence-electron chi connectivity index (χ3n) is 8.26. The zero-order valence-electron chi connectivity index (χ0n) is 28.1. The summed E-state index contributed by atoms with van der Waals surface area (Å²) < 4.78 is 33.1. The van der Waals surface area contributed by atoms with Gasteiger partial charge in [-0.1, -0.05) is 24.3 Å².